The highest BCUT2D eigenvalue weighted by molar-refractivity contribution is 9.10. The summed E-state index contributed by atoms with van der Waals surface area (Å²) in [6.07, 6.45) is -0.884. The van der Waals surface area contributed by atoms with Gasteiger partial charge in [-0.2, -0.15) is 0 Å². The van der Waals surface area contributed by atoms with Crippen molar-refractivity contribution in [1.82, 2.24) is 4.90 Å². The Morgan fingerprint density at radius 2 is 2.27 bits per heavy atom. The topological polar surface area (TPSA) is 40.5 Å². The third kappa shape index (κ3) is 2.96. The number of amides is 1. The van der Waals surface area contributed by atoms with Crippen molar-refractivity contribution in [1.29, 1.82) is 0 Å². The van der Waals surface area contributed by atoms with E-state index in [0.29, 0.717) is 6.54 Å². The Balaban J connectivity index is 2.92. The van der Waals surface area contributed by atoms with Gasteiger partial charge in [-0.25, -0.2) is 4.79 Å². The van der Waals surface area contributed by atoms with Gasteiger partial charge in [0.15, 0.2) is 0 Å². The maximum absolute atomic E-state index is 10.9. The van der Waals surface area contributed by atoms with Gasteiger partial charge in [-0.05, 0) is 31.5 Å². The summed E-state index contributed by atoms with van der Waals surface area (Å²) in [5.41, 5.74) is 0.994. The minimum absolute atomic E-state index is 0.120. The minimum atomic E-state index is -0.884. The summed E-state index contributed by atoms with van der Waals surface area (Å²) in [7, 11) is 0. The van der Waals surface area contributed by atoms with E-state index in [1.807, 2.05) is 38.1 Å². The molecule has 0 radical (unpaired) electrons. The van der Waals surface area contributed by atoms with Crippen LogP contribution in [0.4, 0.5) is 4.79 Å². The van der Waals surface area contributed by atoms with Crippen LogP contribution in [-0.4, -0.2) is 22.6 Å². The van der Waals surface area contributed by atoms with Crippen LogP contribution in [0.2, 0.25) is 0 Å². The zero-order valence-electron chi connectivity index (χ0n) is 8.77. The van der Waals surface area contributed by atoms with Gasteiger partial charge in [0.1, 0.15) is 0 Å². The van der Waals surface area contributed by atoms with E-state index in [2.05, 4.69) is 15.9 Å². The van der Waals surface area contributed by atoms with E-state index in [0.717, 1.165) is 10.0 Å². The van der Waals surface area contributed by atoms with Crippen LogP contribution in [0.5, 0.6) is 0 Å². The van der Waals surface area contributed by atoms with Crippen molar-refractivity contribution in [2.75, 3.05) is 6.54 Å². The smallest absolute Gasteiger partial charge is 0.407 e. The number of hydrogen-bond donors (Lipinski definition) is 1. The molecule has 4 heteroatoms. The second kappa shape index (κ2) is 5.16. The highest BCUT2D eigenvalue weighted by atomic mass is 79.9. The predicted molar refractivity (Wildman–Crippen MR) is 63.0 cm³/mol. The summed E-state index contributed by atoms with van der Waals surface area (Å²) in [5.74, 6) is 0. The lowest BCUT2D eigenvalue weighted by Gasteiger charge is -2.25. The van der Waals surface area contributed by atoms with Crippen molar-refractivity contribution >= 4 is 22.0 Å². The summed E-state index contributed by atoms with van der Waals surface area (Å²) >= 11 is 3.37. The zero-order chi connectivity index (χ0) is 11.4. The Morgan fingerprint density at radius 1 is 1.60 bits per heavy atom. The van der Waals surface area contributed by atoms with Crippen LogP contribution in [0.3, 0.4) is 0 Å². The first kappa shape index (κ1) is 12.0. The molecule has 0 bridgehead atoms. The first-order chi connectivity index (χ1) is 7.06. The zero-order valence-corrected chi connectivity index (χ0v) is 10.4. The highest BCUT2D eigenvalue weighted by Crippen LogP contribution is 2.22. The molecule has 0 aliphatic heterocycles. The fourth-order valence-electron chi connectivity index (χ4n) is 1.52. The molecule has 15 heavy (non-hydrogen) atoms. The molecule has 0 aliphatic rings. The second-order valence-corrected chi connectivity index (χ2v) is 4.22. The standard InChI is InChI=1S/C11H14BrNO2/c1-3-13(11(14)15)8(2)9-5-4-6-10(12)7-9/h4-8H,3H2,1-2H3,(H,14,15). The molecule has 1 rings (SSSR count). The van der Waals surface area contributed by atoms with Gasteiger partial charge in [-0.1, -0.05) is 28.1 Å². The Hall–Kier alpha value is -1.03. The van der Waals surface area contributed by atoms with E-state index >= 15 is 0 Å². The molecule has 0 aliphatic carbocycles. The summed E-state index contributed by atoms with van der Waals surface area (Å²) in [6, 6.07) is 7.58. The number of rotatable bonds is 3. The first-order valence-corrected chi connectivity index (χ1v) is 5.60. The van der Waals surface area contributed by atoms with Gasteiger partial charge >= 0.3 is 6.09 Å². The molecule has 0 aromatic heterocycles. The van der Waals surface area contributed by atoms with E-state index in [1.165, 1.54) is 4.90 Å². The number of hydrogen-bond acceptors (Lipinski definition) is 1. The lowest BCUT2D eigenvalue weighted by Crippen LogP contribution is -2.31. The molecule has 1 unspecified atom stereocenters. The number of nitrogens with zero attached hydrogens (tertiary/aromatic N) is 1. The number of carbonyl (C=O) groups is 1. The van der Waals surface area contributed by atoms with Gasteiger partial charge in [-0.3, -0.25) is 0 Å². The molecule has 0 spiro atoms. The molecule has 1 atom stereocenters. The molecule has 1 amide bonds. The van der Waals surface area contributed by atoms with Crippen molar-refractivity contribution in [3.8, 4) is 0 Å². The van der Waals surface area contributed by atoms with Crippen molar-refractivity contribution < 1.29 is 9.90 Å². The summed E-state index contributed by atoms with van der Waals surface area (Å²) < 4.78 is 0.966. The lowest BCUT2D eigenvalue weighted by molar-refractivity contribution is 0.131. The van der Waals surface area contributed by atoms with Gasteiger partial charge in [0.2, 0.25) is 0 Å². The van der Waals surface area contributed by atoms with Crippen LogP contribution in [0.15, 0.2) is 28.7 Å². The van der Waals surface area contributed by atoms with Crippen molar-refractivity contribution in [3.63, 3.8) is 0 Å². The molecule has 1 aromatic carbocycles. The maximum atomic E-state index is 10.9. The van der Waals surface area contributed by atoms with E-state index in [1.54, 1.807) is 0 Å². The largest absolute Gasteiger partial charge is 0.465 e. The van der Waals surface area contributed by atoms with Crippen LogP contribution < -0.4 is 0 Å². The quantitative estimate of drug-likeness (QED) is 0.914. The summed E-state index contributed by atoms with van der Waals surface area (Å²) in [6.45, 7) is 4.21. The molecule has 1 N–H and O–H groups in total. The van der Waals surface area contributed by atoms with Gasteiger partial charge in [0, 0.05) is 11.0 Å². The highest BCUT2D eigenvalue weighted by Gasteiger charge is 2.18. The summed E-state index contributed by atoms with van der Waals surface area (Å²) in [4.78, 5) is 12.3. The van der Waals surface area contributed by atoms with Crippen LogP contribution in [0.1, 0.15) is 25.5 Å². The maximum Gasteiger partial charge on any atom is 0.407 e. The van der Waals surface area contributed by atoms with Crippen LogP contribution in [0.25, 0.3) is 0 Å². The number of carboxylic acid groups (broad SMARTS) is 1. The van der Waals surface area contributed by atoms with Crippen molar-refractivity contribution in [2.24, 2.45) is 0 Å². The van der Waals surface area contributed by atoms with Crippen molar-refractivity contribution in [3.05, 3.63) is 34.3 Å². The number of benzene rings is 1. The van der Waals surface area contributed by atoms with Crippen LogP contribution in [-0.2, 0) is 0 Å². The fraction of sp³-hybridized carbons (Fsp3) is 0.364. The Morgan fingerprint density at radius 3 is 2.73 bits per heavy atom. The average molecular weight is 272 g/mol. The predicted octanol–water partition coefficient (Wildman–Crippen LogP) is 3.51. The fourth-order valence-corrected chi connectivity index (χ4v) is 1.94. The van der Waals surface area contributed by atoms with E-state index in [-0.39, 0.29) is 6.04 Å². The van der Waals surface area contributed by atoms with Crippen LogP contribution in [0, 0.1) is 0 Å². The molecule has 3 nitrogen and oxygen atoms in total. The Labute approximate surface area is 97.8 Å². The van der Waals surface area contributed by atoms with Gasteiger partial charge in [0.05, 0.1) is 6.04 Å². The average Bonchev–Trinajstić information content (AvgIpc) is 2.18. The third-order valence-corrected chi connectivity index (χ3v) is 2.88. The Kier molecular flexibility index (Phi) is 4.15. The first-order valence-electron chi connectivity index (χ1n) is 4.81. The SMILES string of the molecule is CCN(C(=O)O)C(C)c1cccc(Br)c1. The Bertz CT molecular complexity index is 354. The monoisotopic (exact) mass is 271 g/mol. The molecule has 82 valence electrons. The van der Waals surface area contributed by atoms with Gasteiger partial charge in [0.25, 0.3) is 0 Å². The van der Waals surface area contributed by atoms with Crippen LogP contribution >= 0.6 is 15.9 Å². The summed E-state index contributed by atoms with van der Waals surface area (Å²) in [5, 5.41) is 8.99. The van der Waals surface area contributed by atoms with E-state index < -0.39 is 6.09 Å². The van der Waals surface area contributed by atoms with Crippen molar-refractivity contribution in [2.45, 2.75) is 19.9 Å². The molecule has 0 heterocycles. The molecule has 0 saturated heterocycles. The number of halogens is 1. The minimum Gasteiger partial charge on any atom is -0.465 e. The normalized spacial score (nSPS) is 12.2. The molecule has 0 saturated carbocycles. The lowest BCUT2D eigenvalue weighted by atomic mass is 10.1. The molecular formula is C11H14BrNO2. The third-order valence-electron chi connectivity index (χ3n) is 2.38. The molecule has 0 fully saturated rings. The van der Waals surface area contributed by atoms with E-state index in [4.69, 9.17) is 5.11 Å². The molecule has 1 aromatic rings. The van der Waals surface area contributed by atoms with Gasteiger partial charge in [-0.15, -0.1) is 0 Å². The van der Waals surface area contributed by atoms with Gasteiger partial charge < -0.3 is 10.0 Å². The van der Waals surface area contributed by atoms with E-state index in [9.17, 15) is 4.79 Å². The second-order valence-electron chi connectivity index (χ2n) is 3.30. The molecular weight excluding hydrogens is 258 g/mol.